The molecule has 1 saturated heterocycles. The number of hydrogen-bond donors (Lipinski definition) is 0. The number of hydrogen-bond acceptors (Lipinski definition) is 2. The first-order valence-electron chi connectivity index (χ1n) is 4.66. The normalized spacial score (nSPS) is 27.2. The summed E-state index contributed by atoms with van der Waals surface area (Å²) < 4.78 is 38.3. The van der Waals surface area contributed by atoms with E-state index >= 15 is 0 Å². The molecular weight excluding hydrogens is 259 g/mol. The summed E-state index contributed by atoms with van der Waals surface area (Å²) in [5.74, 6) is 0.278. The van der Waals surface area contributed by atoms with Crippen LogP contribution in [-0.2, 0) is 0 Å². The van der Waals surface area contributed by atoms with Crippen molar-refractivity contribution < 1.29 is 13.2 Å². The van der Waals surface area contributed by atoms with E-state index in [-0.39, 0.29) is 5.75 Å². The molecule has 2 atom stereocenters. The van der Waals surface area contributed by atoms with Crippen molar-refractivity contribution in [3.63, 3.8) is 0 Å². The van der Waals surface area contributed by atoms with Crippen LogP contribution in [0.4, 0.5) is 13.2 Å². The minimum absolute atomic E-state index is 0.278. The lowest BCUT2D eigenvalue weighted by Crippen LogP contribution is -2.41. The molecule has 0 bridgehead atoms. The molecule has 0 saturated carbocycles. The summed E-state index contributed by atoms with van der Waals surface area (Å²) >= 11 is 6.91. The van der Waals surface area contributed by atoms with Gasteiger partial charge < -0.3 is 0 Å². The molecule has 2 rings (SSSR count). The molecule has 0 radical (unpaired) electrons. The number of alkyl halides is 4. The molecular formula is C10H9ClF3NS. The van der Waals surface area contributed by atoms with Gasteiger partial charge in [0.2, 0.25) is 0 Å². The van der Waals surface area contributed by atoms with E-state index in [1.165, 1.54) is 11.8 Å². The summed E-state index contributed by atoms with van der Waals surface area (Å²) in [4.78, 5) is 0.397. The van der Waals surface area contributed by atoms with E-state index in [1.54, 1.807) is 30.3 Å². The van der Waals surface area contributed by atoms with Crippen molar-refractivity contribution in [2.75, 3.05) is 5.75 Å². The van der Waals surface area contributed by atoms with Crippen molar-refractivity contribution in [2.45, 2.75) is 17.2 Å². The second-order valence-electron chi connectivity index (χ2n) is 3.41. The zero-order valence-electron chi connectivity index (χ0n) is 8.12. The maximum absolute atomic E-state index is 12.8. The molecule has 88 valence electrons. The average molecular weight is 268 g/mol. The second-order valence-corrected chi connectivity index (χ2v) is 5.02. The van der Waals surface area contributed by atoms with E-state index in [1.807, 2.05) is 0 Å². The Kier molecular flexibility index (Phi) is 3.37. The number of benzene rings is 1. The molecule has 0 aromatic heterocycles. The molecule has 0 spiro atoms. The highest BCUT2D eigenvalue weighted by atomic mass is 35.5. The van der Waals surface area contributed by atoms with Gasteiger partial charge in [0.1, 0.15) is 5.50 Å². The molecule has 1 heterocycles. The lowest BCUT2D eigenvalue weighted by atomic mass is 10.2. The Hall–Kier alpha value is -0.390. The smallest absolute Gasteiger partial charge is 0.181 e. The third kappa shape index (κ3) is 2.31. The summed E-state index contributed by atoms with van der Waals surface area (Å²) in [5, 5.41) is -0.733. The first-order chi connectivity index (χ1) is 7.50. The van der Waals surface area contributed by atoms with Crippen molar-refractivity contribution in [1.29, 1.82) is 0 Å². The van der Waals surface area contributed by atoms with E-state index in [2.05, 4.69) is 0 Å². The van der Waals surface area contributed by atoms with Gasteiger partial charge in [0.05, 0.1) is 5.37 Å². The first kappa shape index (κ1) is 12.1. The van der Waals surface area contributed by atoms with Gasteiger partial charge in [-0.3, -0.25) is 0 Å². The molecule has 1 aliphatic heterocycles. The minimum Gasteiger partial charge on any atom is -0.181 e. The van der Waals surface area contributed by atoms with Gasteiger partial charge in [-0.05, 0) is 5.56 Å². The Morgan fingerprint density at radius 2 is 1.88 bits per heavy atom. The maximum atomic E-state index is 12.8. The maximum Gasteiger partial charge on any atom is 0.462 e. The van der Waals surface area contributed by atoms with Crippen LogP contribution in [0.15, 0.2) is 30.3 Å². The Morgan fingerprint density at radius 1 is 1.25 bits per heavy atom. The van der Waals surface area contributed by atoms with E-state index < -0.39 is 17.2 Å². The SMILES string of the molecule is FC(F)(F)N1C(Cl)CSC1c1ccccc1. The molecule has 1 fully saturated rings. The van der Waals surface area contributed by atoms with Gasteiger partial charge in [0.15, 0.2) is 0 Å². The molecule has 6 heteroatoms. The van der Waals surface area contributed by atoms with Gasteiger partial charge in [-0.2, -0.15) is 18.1 Å². The summed E-state index contributed by atoms with van der Waals surface area (Å²) in [6.45, 7) is 0. The zero-order chi connectivity index (χ0) is 11.8. The van der Waals surface area contributed by atoms with Crippen molar-refractivity contribution in [1.82, 2.24) is 4.90 Å². The van der Waals surface area contributed by atoms with Gasteiger partial charge in [-0.25, -0.2) is 0 Å². The topological polar surface area (TPSA) is 3.24 Å². The standard InChI is InChI=1S/C10H9ClF3NS/c11-8-6-16-9(15(8)10(12,13)14)7-4-2-1-3-5-7/h1-5,8-9H,6H2. The number of nitrogens with zero attached hydrogens (tertiary/aromatic N) is 1. The highest BCUT2D eigenvalue weighted by Gasteiger charge is 2.50. The van der Waals surface area contributed by atoms with E-state index in [0.29, 0.717) is 10.5 Å². The van der Waals surface area contributed by atoms with Crippen molar-refractivity contribution in [3.8, 4) is 0 Å². The first-order valence-corrected chi connectivity index (χ1v) is 6.14. The van der Waals surface area contributed by atoms with Gasteiger partial charge in [0, 0.05) is 5.75 Å². The predicted octanol–water partition coefficient (Wildman–Crippen LogP) is 3.82. The van der Waals surface area contributed by atoms with Crippen molar-refractivity contribution in [2.24, 2.45) is 0 Å². The molecule has 16 heavy (non-hydrogen) atoms. The van der Waals surface area contributed by atoms with Crippen LogP contribution in [0.2, 0.25) is 0 Å². The molecule has 2 unspecified atom stereocenters. The number of halogens is 4. The van der Waals surface area contributed by atoms with Crippen molar-refractivity contribution >= 4 is 23.4 Å². The van der Waals surface area contributed by atoms with Crippen LogP contribution in [0.5, 0.6) is 0 Å². The molecule has 0 N–H and O–H groups in total. The fourth-order valence-corrected chi connectivity index (χ4v) is 3.43. The van der Waals surface area contributed by atoms with Crippen molar-refractivity contribution in [3.05, 3.63) is 35.9 Å². The third-order valence-electron chi connectivity index (χ3n) is 2.32. The highest BCUT2D eigenvalue weighted by Crippen LogP contribution is 2.47. The van der Waals surface area contributed by atoms with Crippen LogP contribution in [0.1, 0.15) is 10.9 Å². The fraction of sp³-hybridized carbons (Fsp3) is 0.400. The van der Waals surface area contributed by atoms with Crippen LogP contribution >= 0.6 is 23.4 Å². The molecule has 0 aliphatic carbocycles. The van der Waals surface area contributed by atoms with Crippen LogP contribution in [-0.4, -0.2) is 22.5 Å². The highest BCUT2D eigenvalue weighted by molar-refractivity contribution is 7.99. The molecule has 0 amide bonds. The Morgan fingerprint density at radius 3 is 2.44 bits per heavy atom. The summed E-state index contributed by atoms with van der Waals surface area (Å²) in [7, 11) is 0. The van der Waals surface area contributed by atoms with Crippen LogP contribution in [0, 0.1) is 0 Å². The van der Waals surface area contributed by atoms with Gasteiger partial charge in [-0.1, -0.05) is 30.3 Å². The third-order valence-corrected chi connectivity index (χ3v) is 4.19. The summed E-state index contributed by atoms with van der Waals surface area (Å²) in [6.07, 6.45) is -4.39. The largest absolute Gasteiger partial charge is 0.462 e. The minimum atomic E-state index is -4.39. The summed E-state index contributed by atoms with van der Waals surface area (Å²) in [5.41, 5.74) is -0.358. The number of thioether (sulfide) groups is 1. The zero-order valence-corrected chi connectivity index (χ0v) is 9.69. The Labute approximate surface area is 101 Å². The lowest BCUT2D eigenvalue weighted by Gasteiger charge is -2.28. The van der Waals surface area contributed by atoms with Crippen LogP contribution in [0.3, 0.4) is 0 Å². The Balaban J connectivity index is 2.28. The van der Waals surface area contributed by atoms with E-state index in [9.17, 15) is 13.2 Å². The lowest BCUT2D eigenvalue weighted by molar-refractivity contribution is -0.251. The number of rotatable bonds is 1. The average Bonchev–Trinajstić information content (AvgIpc) is 2.61. The molecule has 1 nitrogen and oxygen atoms in total. The molecule has 1 aromatic carbocycles. The monoisotopic (exact) mass is 267 g/mol. The Bertz CT molecular complexity index is 357. The fourth-order valence-electron chi connectivity index (χ4n) is 1.64. The summed E-state index contributed by atoms with van der Waals surface area (Å²) in [6, 6.07) is 8.61. The van der Waals surface area contributed by atoms with Crippen LogP contribution < -0.4 is 0 Å². The van der Waals surface area contributed by atoms with Gasteiger partial charge in [-0.15, -0.1) is 23.4 Å². The van der Waals surface area contributed by atoms with E-state index in [4.69, 9.17) is 11.6 Å². The quantitative estimate of drug-likeness (QED) is 0.562. The van der Waals surface area contributed by atoms with Gasteiger partial charge >= 0.3 is 6.30 Å². The van der Waals surface area contributed by atoms with Crippen LogP contribution in [0.25, 0.3) is 0 Å². The van der Waals surface area contributed by atoms with E-state index in [0.717, 1.165) is 0 Å². The second kappa shape index (κ2) is 4.47. The predicted molar refractivity (Wildman–Crippen MR) is 59.2 cm³/mol. The van der Waals surface area contributed by atoms with Gasteiger partial charge in [0.25, 0.3) is 0 Å². The molecule has 1 aliphatic rings. The molecule has 1 aromatic rings.